The van der Waals surface area contributed by atoms with Gasteiger partial charge in [-0.3, -0.25) is 4.90 Å². The van der Waals surface area contributed by atoms with Crippen molar-refractivity contribution >= 4 is 0 Å². The van der Waals surface area contributed by atoms with Crippen LogP contribution in [-0.4, -0.2) is 36.1 Å². The van der Waals surface area contributed by atoms with E-state index in [4.69, 9.17) is 0 Å². The monoisotopic (exact) mass is 252 g/mol. The van der Waals surface area contributed by atoms with Crippen LogP contribution in [0.1, 0.15) is 66.2 Å². The molecule has 106 valence electrons. The van der Waals surface area contributed by atoms with Gasteiger partial charge in [0.2, 0.25) is 0 Å². The molecule has 0 bridgehead atoms. The Bertz CT molecular complexity index is 262. The number of likely N-dealkylation sites (tertiary alicyclic amines) is 1. The van der Waals surface area contributed by atoms with Crippen LogP contribution in [0, 0.1) is 5.41 Å². The second-order valence-electron chi connectivity index (χ2n) is 7.11. The lowest BCUT2D eigenvalue weighted by atomic mass is 9.70. The molecule has 1 saturated heterocycles. The molecule has 2 aliphatic rings. The van der Waals surface area contributed by atoms with E-state index < -0.39 is 0 Å². The summed E-state index contributed by atoms with van der Waals surface area (Å²) in [5.74, 6) is 0. The van der Waals surface area contributed by atoms with E-state index >= 15 is 0 Å². The predicted octanol–water partition coefficient (Wildman–Crippen LogP) is 3.42. The molecule has 0 radical (unpaired) electrons. The van der Waals surface area contributed by atoms with Crippen molar-refractivity contribution in [3.05, 3.63) is 0 Å². The van der Waals surface area contributed by atoms with E-state index in [1.807, 2.05) is 0 Å². The normalized spacial score (nSPS) is 37.0. The zero-order valence-corrected chi connectivity index (χ0v) is 12.8. The Labute approximate surface area is 114 Å². The highest BCUT2D eigenvalue weighted by Gasteiger charge is 2.42. The molecule has 2 nitrogen and oxygen atoms in total. The van der Waals surface area contributed by atoms with Gasteiger partial charge in [0.25, 0.3) is 0 Å². The van der Waals surface area contributed by atoms with Crippen molar-refractivity contribution in [3.63, 3.8) is 0 Å². The average Bonchev–Trinajstić information content (AvgIpc) is 2.73. The van der Waals surface area contributed by atoms with Gasteiger partial charge in [-0.25, -0.2) is 0 Å². The van der Waals surface area contributed by atoms with Gasteiger partial charge in [0.05, 0.1) is 0 Å². The maximum absolute atomic E-state index is 3.87. The quantitative estimate of drug-likeness (QED) is 0.825. The molecule has 1 N–H and O–H groups in total. The highest BCUT2D eigenvalue weighted by Crippen LogP contribution is 2.39. The van der Waals surface area contributed by atoms with Gasteiger partial charge >= 0.3 is 0 Å². The minimum atomic E-state index is 0.459. The number of hydrogen-bond acceptors (Lipinski definition) is 2. The van der Waals surface area contributed by atoms with E-state index in [0.29, 0.717) is 11.5 Å². The van der Waals surface area contributed by atoms with E-state index in [0.717, 1.165) is 12.1 Å². The molecule has 1 aliphatic carbocycles. The number of nitrogens with zero attached hydrogens (tertiary/aromatic N) is 1. The Morgan fingerprint density at radius 2 is 2.00 bits per heavy atom. The first-order valence-corrected chi connectivity index (χ1v) is 8.05. The first-order valence-electron chi connectivity index (χ1n) is 8.05. The van der Waals surface area contributed by atoms with Crippen LogP contribution in [0.4, 0.5) is 0 Å². The minimum Gasteiger partial charge on any atom is -0.312 e. The Balaban J connectivity index is 2.09. The SMILES string of the molecule is CCCNC1C(N2CCCC2C)CCCC1(C)C. The maximum atomic E-state index is 3.87. The zero-order chi connectivity index (χ0) is 13.2. The lowest BCUT2D eigenvalue weighted by Gasteiger charge is -2.49. The summed E-state index contributed by atoms with van der Waals surface area (Å²) in [6.45, 7) is 12.1. The smallest absolute Gasteiger partial charge is 0.0274 e. The van der Waals surface area contributed by atoms with Crippen molar-refractivity contribution in [1.29, 1.82) is 0 Å². The third kappa shape index (κ3) is 2.91. The van der Waals surface area contributed by atoms with Crippen LogP contribution in [0.25, 0.3) is 0 Å². The zero-order valence-electron chi connectivity index (χ0n) is 12.8. The van der Waals surface area contributed by atoms with E-state index in [-0.39, 0.29) is 0 Å². The lowest BCUT2D eigenvalue weighted by molar-refractivity contribution is 0.0447. The maximum Gasteiger partial charge on any atom is 0.0274 e. The van der Waals surface area contributed by atoms with Gasteiger partial charge in [-0.1, -0.05) is 27.2 Å². The standard InChI is InChI=1S/C16H32N2/c1-5-11-17-15-14(9-6-10-16(15,3)4)18-12-7-8-13(18)2/h13-15,17H,5-12H2,1-4H3. The molecule has 0 aromatic rings. The van der Waals surface area contributed by atoms with Gasteiger partial charge < -0.3 is 5.32 Å². The molecule has 0 amide bonds. The van der Waals surface area contributed by atoms with E-state index in [1.54, 1.807) is 0 Å². The molecule has 2 fully saturated rings. The Hall–Kier alpha value is -0.0800. The fourth-order valence-electron chi connectivity index (χ4n) is 4.13. The third-order valence-corrected chi connectivity index (χ3v) is 5.19. The predicted molar refractivity (Wildman–Crippen MR) is 78.9 cm³/mol. The van der Waals surface area contributed by atoms with Crippen molar-refractivity contribution in [2.45, 2.75) is 84.3 Å². The van der Waals surface area contributed by atoms with E-state index in [9.17, 15) is 0 Å². The lowest BCUT2D eigenvalue weighted by Crippen LogP contribution is -2.59. The van der Waals surface area contributed by atoms with Crippen molar-refractivity contribution in [2.24, 2.45) is 5.41 Å². The summed E-state index contributed by atoms with van der Waals surface area (Å²) < 4.78 is 0. The summed E-state index contributed by atoms with van der Waals surface area (Å²) in [5.41, 5.74) is 0.459. The summed E-state index contributed by atoms with van der Waals surface area (Å²) in [6.07, 6.45) is 8.23. The molecule has 18 heavy (non-hydrogen) atoms. The van der Waals surface area contributed by atoms with Crippen LogP contribution in [0.3, 0.4) is 0 Å². The van der Waals surface area contributed by atoms with Gasteiger partial charge in [0.15, 0.2) is 0 Å². The van der Waals surface area contributed by atoms with Gasteiger partial charge in [0, 0.05) is 18.1 Å². The second-order valence-corrected chi connectivity index (χ2v) is 7.11. The average molecular weight is 252 g/mol. The molecule has 2 rings (SSSR count). The molecule has 0 aromatic heterocycles. The molecule has 3 unspecified atom stereocenters. The van der Waals surface area contributed by atoms with Gasteiger partial charge in [-0.05, 0) is 57.5 Å². The Kier molecular flexibility index (Phi) is 4.71. The van der Waals surface area contributed by atoms with Gasteiger partial charge in [-0.2, -0.15) is 0 Å². The summed E-state index contributed by atoms with van der Waals surface area (Å²) in [4.78, 5) is 2.80. The molecule has 3 atom stereocenters. The summed E-state index contributed by atoms with van der Waals surface area (Å²) >= 11 is 0. The van der Waals surface area contributed by atoms with E-state index in [1.165, 1.54) is 51.6 Å². The molecule has 1 heterocycles. The largest absolute Gasteiger partial charge is 0.312 e. The van der Waals surface area contributed by atoms with Crippen molar-refractivity contribution in [2.75, 3.05) is 13.1 Å². The first-order chi connectivity index (χ1) is 8.56. The summed E-state index contributed by atoms with van der Waals surface area (Å²) in [7, 11) is 0. The number of nitrogens with one attached hydrogen (secondary N) is 1. The molecule has 2 heteroatoms. The van der Waals surface area contributed by atoms with Crippen LogP contribution < -0.4 is 5.32 Å². The fourth-order valence-corrected chi connectivity index (χ4v) is 4.13. The molecular weight excluding hydrogens is 220 g/mol. The summed E-state index contributed by atoms with van der Waals surface area (Å²) in [5, 5.41) is 3.87. The van der Waals surface area contributed by atoms with Gasteiger partial charge in [0.1, 0.15) is 0 Å². The molecule has 1 aliphatic heterocycles. The molecule has 0 spiro atoms. The van der Waals surface area contributed by atoms with Crippen LogP contribution in [-0.2, 0) is 0 Å². The molecular formula is C16H32N2. The second kappa shape index (κ2) is 5.92. The van der Waals surface area contributed by atoms with Crippen molar-refractivity contribution in [3.8, 4) is 0 Å². The third-order valence-electron chi connectivity index (χ3n) is 5.19. The number of hydrogen-bond donors (Lipinski definition) is 1. The van der Waals surface area contributed by atoms with Crippen LogP contribution in [0.15, 0.2) is 0 Å². The Morgan fingerprint density at radius 1 is 1.22 bits per heavy atom. The van der Waals surface area contributed by atoms with E-state index in [2.05, 4.69) is 37.9 Å². The van der Waals surface area contributed by atoms with Crippen LogP contribution in [0.2, 0.25) is 0 Å². The summed E-state index contributed by atoms with van der Waals surface area (Å²) in [6, 6.07) is 2.26. The van der Waals surface area contributed by atoms with Crippen LogP contribution >= 0.6 is 0 Å². The highest BCUT2D eigenvalue weighted by atomic mass is 15.2. The van der Waals surface area contributed by atoms with Crippen LogP contribution in [0.5, 0.6) is 0 Å². The molecule has 1 saturated carbocycles. The fraction of sp³-hybridized carbons (Fsp3) is 1.00. The first kappa shape index (κ1) is 14.3. The van der Waals surface area contributed by atoms with Crippen molar-refractivity contribution in [1.82, 2.24) is 10.2 Å². The highest BCUT2D eigenvalue weighted by molar-refractivity contribution is 5.00. The van der Waals surface area contributed by atoms with Gasteiger partial charge in [-0.15, -0.1) is 0 Å². The topological polar surface area (TPSA) is 15.3 Å². The number of rotatable bonds is 4. The van der Waals surface area contributed by atoms with Crippen molar-refractivity contribution < 1.29 is 0 Å². The molecule has 0 aromatic carbocycles. The minimum absolute atomic E-state index is 0.459. The Morgan fingerprint density at radius 3 is 2.61 bits per heavy atom.